The van der Waals surface area contributed by atoms with Crippen LogP contribution in [0.4, 0.5) is 8.78 Å². The Morgan fingerprint density at radius 3 is 2.29 bits per heavy atom. The standard InChI is InChI=1S/C10H7ClF2O3S/c1-2-3-4-16-10-8(12)5-7(6-9(10)13)17(11,14)15/h5-6H,4H2,1H3. The van der Waals surface area contributed by atoms with Gasteiger partial charge in [0.25, 0.3) is 9.05 Å². The van der Waals surface area contributed by atoms with E-state index in [1.54, 1.807) is 6.92 Å². The molecule has 17 heavy (non-hydrogen) atoms. The summed E-state index contributed by atoms with van der Waals surface area (Å²) in [7, 11) is 0.776. The maximum Gasteiger partial charge on any atom is 0.261 e. The van der Waals surface area contributed by atoms with Gasteiger partial charge in [-0.15, -0.1) is 5.92 Å². The highest BCUT2D eigenvalue weighted by Crippen LogP contribution is 2.26. The maximum absolute atomic E-state index is 13.3. The Hall–Kier alpha value is -1.32. The fourth-order valence-corrected chi connectivity index (χ4v) is 1.75. The lowest BCUT2D eigenvalue weighted by atomic mass is 10.3. The lowest BCUT2D eigenvalue weighted by Crippen LogP contribution is -2.02. The molecule has 0 spiro atoms. The van der Waals surface area contributed by atoms with Gasteiger partial charge >= 0.3 is 0 Å². The van der Waals surface area contributed by atoms with E-state index in [1.165, 1.54) is 0 Å². The van der Waals surface area contributed by atoms with Crippen molar-refractivity contribution in [1.82, 2.24) is 0 Å². The summed E-state index contributed by atoms with van der Waals surface area (Å²) in [5.41, 5.74) is 0. The molecule has 0 aliphatic rings. The molecule has 0 unspecified atom stereocenters. The first-order chi connectivity index (χ1) is 7.86. The topological polar surface area (TPSA) is 43.4 Å². The Labute approximate surface area is 102 Å². The predicted octanol–water partition coefficient (Wildman–Crippen LogP) is 2.29. The molecule has 1 aromatic carbocycles. The molecule has 7 heteroatoms. The lowest BCUT2D eigenvalue weighted by Gasteiger charge is -2.06. The fourth-order valence-electron chi connectivity index (χ4n) is 0.996. The van der Waals surface area contributed by atoms with Gasteiger partial charge in [0.2, 0.25) is 0 Å². The third-order valence-corrected chi connectivity index (χ3v) is 3.05. The lowest BCUT2D eigenvalue weighted by molar-refractivity contribution is 0.325. The summed E-state index contributed by atoms with van der Waals surface area (Å²) in [5, 5.41) is 0. The van der Waals surface area contributed by atoms with E-state index in [9.17, 15) is 17.2 Å². The van der Waals surface area contributed by atoms with Crippen molar-refractivity contribution < 1.29 is 21.9 Å². The van der Waals surface area contributed by atoms with E-state index in [-0.39, 0.29) is 6.61 Å². The number of halogens is 3. The Balaban J connectivity index is 3.14. The van der Waals surface area contributed by atoms with Gasteiger partial charge in [0.1, 0.15) is 6.61 Å². The van der Waals surface area contributed by atoms with Crippen molar-refractivity contribution in [2.24, 2.45) is 0 Å². The number of ether oxygens (including phenoxy) is 1. The number of benzene rings is 1. The summed E-state index contributed by atoms with van der Waals surface area (Å²) in [6.45, 7) is 1.34. The molecular formula is C10H7ClF2O3S. The first-order valence-electron chi connectivity index (χ1n) is 4.32. The van der Waals surface area contributed by atoms with E-state index >= 15 is 0 Å². The summed E-state index contributed by atoms with van der Waals surface area (Å²) in [5.74, 6) is 1.94. The Morgan fingerprint density at radius 1 is 1.35 bits per heavy atom. The maximum atomic E-state index is 13.3. The van der Waals surface area contributed by atoms with Crippen molar-refractivity contribution in [1.29, 1.82) is 0 Å². The molecule has 0 saturated carbocycles. The minimum Gasteiger partial charge on any atom is -0.475 e. The van der Waals surface area contributed by atoms with Gasteiger partial charge in [-0.2, -0.15) is 0 Å². The molecule has 0 radical (unpaired) electrons. The van der Waals surface area contributed by atoms with E-state index in [2.05, 4.69) is 11.8 Å². The number of rotatable bonds is 3. The molecule has 1 aromatic rings. The monoisotopic (exact) mass is 280 g/mol. The second kappa shape index (κ2) is 5.34. The van der Waals surface area contributed by atoms with Gasteiger partial charge in [-0.1, -0.05) is 5.92 Å². The molecule has 92 valence electrons. The largest absolute Gasteiger partial charge is 0.475 e. The van der Waals surface area contributed by atoms with E-state index in [1.807, 2.05) is 0 Å². The summed E-state index contributed by atoms with van der Waals surface area (Å²) in [6, 6.07) is 1.17. The summed E-state index contributed by atoms with van der Waals surface area (Å²) >= 11 is 0. The van der Waals surface area contributed by atoms with Gasteiger partial charge < -0.3 is 4.74 Å². The Kier molecular flexibility index (Phi) is 4.32. The average Bonchev–Trinajstić information content (AvgIpc) is 2.20. The predicted molar refractivity (Wildman–Crippen MR) is 58.3 cm³/mol. The highest BCUT2D eigenvalue weighted by molar-refractivity contribution is 8.13. The van der Waals surface area contributed by atoms with Crippen LogP contribution in [0.1, 0.15) is 6.92 Å². The normalized spacial score (nSPS) is 10.6. The highest BCUT2D eigenvalue weighted by atomic mass is 35.7. The van der Waals surface area contributed by atoms with Crippen LogP contribution >= 0.6 is 10.7 Å². The molecule has 0 N–H and O–H groups in total. The molecular weight excluding hydrogens is 274 g/mol. The van der Waals surface area contributed by atoms with E-state index in [4.69, 9.17) is 15.4 Å². The summed E-state index contributed by atoms with van der Waals surface area (Å²) in [4.78, 5) is -0.664. The third-order valence-electron chi connectivity index (χ3n) is 1.72. The molecule has 0 fully saturated rings. The second-order valence-corrected chi connectivity index (χ2v) is 5.44. The van der Waals surface area contributed by atoms with Crippen molar-refractivity contribution in [3.8, 4) is 17.6 Å². The van der Waals surface area contributed by atoms with E-state index in [0.29, 0.717) is 12.1 Å². The van der Waals surface area contributed by atoms with E-state index < -0.39 is 31.3 Å². The molecule has 0 bridgehead atoms. The molecule has 0 saturated heterocycles. The van der Waals surface area contributed by atoms with Gasteiger partial charge in [0.15, 0.2) is 17.4 Å². The van der Waals surface area contributed by atoms with Crippen LogP contribution in [0.5, 0.6) is 5.75 Å². The smallest absolute Gasteiger partial charge is 0.261 e. The molecule has 0 aliphatic heterocycles. The van der Waals surface area contributed by atoms with Crippen LogP contribution in [0.2, 0.25) is 0 Å². The van der Waals surface area contributed by atoms with Crippen LogP contribution in [0, 0.1) is 23.5 Å². The van der Waals surface area contributed by atoms with Crippen molar-refractivity contribution >= 4 is 19.7 Å². The minimum atomic E-state index is -4.18. The SMILES string of the molecule is CC#CCOc1c(F)cc(S(=O)(=O)Cl)cc1F. The quantitative estimate of drug-likeness (QED) is 0.630. The number of hydrogen-bond donors (Lipinski definition) is 0. The van der Waals surface area contributed by atoms with Gasteiger partial charge in [0.05, 0.1) is 4.90 Å². The molecule has 0 amide bonds. The molecule has 0 aromatic heterocycles. The fraction of sp³-hybridized carbons (Fsp3) is 0.200. The van der Waals surface area contributed by atoms with Crippen LogP contribution in [0.25, 0.3) is 0 Å². The van der Waals surface area contributed by atoms with Crippen molar-refractivity contribution in [2.75, 3.05) is 6.61 Å². The van der Waals surface area contributed by atoms with Crippen molar-refractivity contribution in [3.05, 3.63) is 23.8 Å². The Bertz CT molecular complexity index is 564. The van der Waals surface area contributed by atoms with E-state index in [0.717, 1.165) is 0 Å². The average molecular weight is 281 g/mol. The van der Waals surface area contributed by atoms with Crippen LogP contribution in [0.3, 0.4) is 0 Å². The van der Waals surface area contributed by atoms with Crippen molar-refractivity contribution in [3.63, 3.8) is 0 Å². The molecule has 0 heterocycles. The zero-order valence-corrected chi connectivity index (χ0v) is 10.2. The van der Waals surface area contributed by atoms with Gasteiger partial charge in [-0.3, -0.25) is 0 Å². The van der Waals surface area contributed by atoms with Gasteiger partial charge in [-0.05, 0) is 19.1 Å². The third kappa shape index (κ3) is 3.58. The zero-order valence-electron chi connectivity index (χ0n) is 8.63. The van der Waals surface area contributed by atoms with Crippen LogP contribution < -0.4 is 4.74 Å². The number of hydrogen-bond acceptors (Lipinski definition) is 3. The van der Waals surface area contributed by atoms with Crippen LogP contribution in [-0.4, -0.2) is 15.0 Å². The first kappa shape index (κ1) is 13.7. The van der Waals surface area contributed by atoms with Gasteiger partial charge in [-0.25, -0.2) is 17.2 Å². The summed E-state index contributed by atoms with van der Waals surface area (Å²) < 4.78 is 53.1. The summed E-state index contributed by atoms with van der Waals surface area (Å²) in [6.07, 6.45) is 0. The molecule has 1 rings (SSSR count). The van der Waals surface area contributed by atoms with Crippen LogP contribution in [0.15, 0.2) is 17.0 Å². The molecule has 0 aliphatic carbocycles. The van der Waals surface area contributed by atoms with Crippen LogP contribution in [-0.2, 0) is 9.05 Å². The van der Waals surface area contributed by atoms with Gasteiger partial charge in [0, 0.05) is 10.7 Å². The Morgan fingerprint density at radius 2 is 1.88 bits per heavy atom. The highest BCUT2D eigenvalue weighted by Gasteiger charge is 2.18. The first-order valence-corrected chi connectivity index (χ1v) is 6.63. The van der Waals surface area contributed by atoms with Crippen molar-refractivity contribution in [2.45, 2.75) is 11.8 Å². The molecule has 0 atom stereocenters. The molecule has 3 nitrogen and oxygen atoms in total. The zero-order chi connectivity index (χ0) is 13.1. The minimum absolute atomic E-state index is 0.197. The second-order valence-electron chi connectivity index (χ2n) is 2.87.